The molecule has 0 fully saturated rings. The number of nitriles is 1. The third kappa shape index (κ3) is 11.5. The van der Waals surface area contributed by atoms with Gasteiger partial charge >= 0.3 is 6.09 Å². The molecule has 360 valence electrons. The summed E-state index contributed by atoms with van der Waals surface area (Å²) in [4.78, 5) is 17.3. The summed E-state index contributed by atoms with van der Waals surface area (Å²) in [6, 6.07) is 30.2. The molecule has 5 aromatic carbocycles. The lowest BCUT2D eigenvalue weighted by molar-refractivity contribution is 0.0577. The summed E-state index contributed by atoms with van der Waals surface area (Å²) >= 11 is 1.17. The molecule has 2 heterocycles. The molecule has 7 aromatic rings. The van der Waals surface area contributed by atoms with Gasteiger partial charge in [-0.3, -0.25) is 0 Å². The number of ether oxygens (including phenoxy) is 3. The first-order valence-electron chi connectivity index (χ1n) is 21.2. The number of nitrogens with zero attached hydrogens (tertiary/aromatic N) is 8. The van der Waals surface area contributed by atoms with Crippen molar-refractivity contribution in [2.45, 2.75) is 61.8 Å². The number of amides is 1. The van der Waals surface area contributed by atoms with Gasteiger partial charge < -0.3 is 29.3 Å². The summed E-state index contributed by atoms with van der Waals surface area (Å²) in [6.45, 7) is 3.26. The molecule has 0 radical (unpaired) electrons. The highest BCUT2D eigenvalue weighted by Crippen LogP contribution is 2.42. The molecule has 0 aliphatic heterocycles. The van der Waals surface area contributed by atoms with Crippen molar-refractivity contribution in [3.05, 3.63) is 125 Å². The average molecular weight is 996 g/mol. The Kier molecular flexibility index (Phi) is 15.0. The van der Waals surface area contributed by atoms with Crippen LogP contribution in [-0.4, -0.2) is 114 Å². The molecule has 22 heteroatoms. The van der Waals surface area contributed by atoms with Gasteiger partial charge in [0.1, 0.15) is 33.1 Å². The average Bonchev–Trinajstić information content (AvgIpc) is 3.99. The maximum atomic E-state index is 16.0. The lowest BCUT2D eigenvalue weighted by Gasteiger charge is -2.34. The number of carboxylic acid groups (broad SMARTS) is 1. The van der Waals surface area contributed by atoms with Gasteiger partial charge in [0.05, 0.1) is 56.3 Å². The SMILES string of the molecule is COc1ccc(CN(Cc2ccc(OC)cc2)S(=O)(=O)c2c(S(=O)(=O)NC[C@H](O)CN(C(=O)O)C(C)(C)C)ccc(-c3ccc4sc(C#N)nc4c3)c2-c2nnn(Cc3ccc(OC)cc3)n2)cc1. The van der Waals surface area contributed by atoms with Crippen LogP contribution in [0.25, 0.3) is 32.7 Å². The van der Waals surface area contributed by atoms with Gasteiger partial charge in [-0.25, -0.2) is 31.3 Å². The molecule has 0 aliphatic carbocycles. The van der Waals surface area contributed by atoms with E-state index in [1.807, 2.05) is 0 Å². The van der Waals surface area contributed by atoms with Crippen LogP contribution in [0.3, 0.4) is 0 Å². The molecule has 0 spiro atoms. The van der Waals surface area contributed by atoms with Crippen LogP contribution in [0.4, 0.5) is 4.79 Å². The van der Waals surface area contributed by atoms with E-state index >= 15 is 8.42 Å². The van der Waals surface area contributed by atoms with E-state index in [0.717, 1.165) is 20.8 Å². The van der Waals surface area contributed by atoms with Crippen LogP contribution < -0.4 is 18.9 Å². The van der Waals surface area contributed by atoms with Crippen LogP contribution in [-0.2, 0) is 39.7 Å². The van der Waals surface area contributed by atoms with E-state index < -0.39 is 60.7 Å². The number of nitrogens with one attached hydrogen (secondary N) is 1. The summed E-state index contributed by atoms with van der Waals surface area (Å²) in [5.41, 5.74) is 1.62. The zero-order valence-corrected chi connectivity index (χ0v) is 40.8. The third-order valence-electron chi connectivity index (χ3n) is 10.9. The monoisotopic (exact) mass is 995 g/mol. The minimum absolute atomic E-state index is 0.0799. The van der Waals surface area contributed by atoms with E-state index in [1.54, 1.807) is 119 Å². The van der Waals surface area contributed by atoms with Crippen molar-refractivity contribution in [1.29, 1.82) is 5.26 Å². The number of tetrazole rings is 1. The molecule has 0 saturated carbocycles. The van der Waals surface area contributed by atoms with E-state index in [2.05, 4.69) is 31.2 Å². The second-order valence-corrected chi connectivity index (χ2v) is 21.3. The number of carbonyl (C=O) groups is 1. The molecule has 0 saturated heterocycles. The van der Waals surface area contributed by atoms with Crippen LogP contribution in [0.1, 0.15) is 42.5 Å². The molecule has 0 aliphatic rings. The number of sulfonamides is 2. The first-order valence-corrected chi connectivity index (χ1v) is 24.9. The first-order chi connectivity index (χ1) is 32.8. The number of rotatable bonds is 19. The van der Waals surface area contributed by atoms with Crippen LogP contribution in [0, 0.1) is 11.3 Å². The first kappa shape index (κ1) is 49.9. The molecule has 2 aromatic heterocycles. The molecular formula is C47H49N9O10S3. The number of thiazole rings is 1. The number of fused-ring (bicyclic) bond motifs is 1. The van der Waals surface area contributed by atoms with Gasteiger partial charge in [0, 0.05) is 25.2 Å². The van der Waals surface area contributed by atoms with Gasteiger partial charge in [-0.2, -0.15) is 14.4 Å². The van der Waals surface area contributed by atoms with Crippen molar-refractivity contribution in [1.82, 2.24) is 39.1 Å². The van der Waals surface area contributed by atoms with Gasteiger partial charge in [0.25, 0.3) is 0 Å². The Balaban J connectivity index is 1.47. The van der Waals surface area contributed by atoms with Crippen molar-refractivity contribution < 1.29 is 46.1 Å². The lowest BCUT2D eigenvalue weighted by Crippen LogP contribution is -2.50. The van der Waals surface area contributed by atoms with E-state index in [0.29, 0.717) is 44.2 Å². The van der Waals surface area contributed by atoms with Crippen molar-refractivity contribution in [2.75, 3.05) is 34.4 Å². The summed E-state index contributed by atoms with van der Waals surface area (Å²) in [5.74, 6) is 1.42. The quantitative estimate of drug-likeness (QED) is 0.0796. The van der Waals surface area contributed by atoms with Crippen molar-refractivity contribution in [3.8, 4) is 45.8 Å². The van der Waals surface area contributed by atoms with Gasteiger partial charge in [0.15, 0.2) is 5.01 Å². The smallest absolute Gasteiger partial charge is 0.407 e. The minimum atomic E-state index is -5.02. The lowest BCUT2D eigenvalue weighted by atomic mass is 9.99. The Morgan fingerprint density at radius 3 is 1.93 bits per heavy atom. The van der Waals surface area contributed by atoms with Gasteiger partial charge in [-0.05, 0) is 108 Å². The highest BCUT2D eigenvalue weighted by molar-refractivity contribution is 7.92. The summed E-state index contributed by atoms with van der Waals surface area (Å²) in [7, 11) is -5.41. The molecule has 19 nitrogen and oxygen atoms in total. The summed E-state index contributed by atoms with van der Waals surface area (Å²) < 4.78 is 82.0. The number of aromatic nitrogens is 5. The van der Waals surface area contributed by atoms with Gasteiger partial charge in [0.2, 0.25) is 25.9 Å². The zero-order chi connectivity index (χ0) is 49.7. The summed E-state index contributed by atoms with van der Waals surface area (Å²) in [6.07, 6.45) is -2.89. The predicted octanol–water partition coefficient (Wildman–Crippen LogP) is 6.37. The van der Waals surface area contributed by atoms with Crippen molar-refractivity contribution in [3.63, 3.8) is 0 Å². The second-order valence-electron chi connectivity index (χ2n) is 16.7. The number of methoxy groups -OCH3 is 3. The molecular weight excluding hydrogens is 947 g/mol. The molecule has 0 unspecified atom stereocenters. The standard InChI is InChI=1S/C47H49N9O10S3/c1-47(2,3)55(46(58)59)29-34(57)25-49-68(60,61)41-22-20-38(33-13-21-40-39(23-33)50-42(24-48)67-40)43(45-51-53-56(52-45)28-32-11-18-37(66-6)19-12-32)44(41)69(62,63)54(26-30-7-14-35(64-4)15-8-30)27-31-9-16-36(65-5)17-10-31/h7-23,34,49,57H,25-29H2,1-6H3,(H,58,59)/t34-/m0/s1. The van der Waals surface area contributed by atoms with Crippen molar-refractivity contribution in [2.24, 2.45) is 0 Å². The fourth-order valence-electron chi connectivity index (χ4n) is 7.36. The van der Waals surface area contributed by atoms with Gasteiger partial charge in [-0.15, -0.1) is 21.5 Å². The maximum absolute atomic E-state index is 16.0. The Labute approximate surface area is 403 Å². The number of hydrogen-bond acceptors (Lipinski definition) is 15. The van der Waals surface area contributed by atoms with E-state index in [1.165, 1.54) is 36.4 Å². The highest BCUT2D eigenvalue weighted by Gasteiger charge is 2.38. The maximum Gasteiger partial charge on any atom is 0.407 e. The number of aliphatic hydroxyl groups is 1. The second kappa shape index (κ2) is 20.7. The Hall–Kier alpha value is -7.00. The number of β-amino-alcohol motifs (C(OH)–C–C–N with tert-alkyl or cyclic N) is 1. The van der Waals surface area contributed by atoms with E-state index in [9.17, 15) is 28.7 Å². The van der Waals surface area contributed by atoms with Crippen LogP contribution >= 0.6 is 11.3 Å². The fourth-order valence-corrected chi connectivity index (χ4v) is 11.6. The third-order valence-corrected chi connectivity index (χ3v) is 15.4. The molecule has 69 heavy (non-hydrogen) atoms. The normalized spacial score (nSPS) is 12.4. The molecule has 3 N–H and O–H groups in total. The zero-order valence-electron chi connectivity index (χ0n) is 38.4. The van der Waals surface area contributed by atoms with Gasteiger partial charge in [-0.1, -0.05) is 48.5 Å². The Morgan fingerprint density at radius 1 is 0.841 bits per heavy atom. The summed E-state index contributed by atoms with van der Waals surface area (Å²) in [5, 5.41) is 44.2. The molecule has 7 rings (SSSR count). The largest absolute Gasteiger partial charge is 0.497 e. The topological polar surface area (TPSA) is 252 Å². The number of benzene rings is 5. The number of hydrogen-bond donors (Lipinski definition) is 3. The van der Waals surface area contributed by atoms with E-state index in [4.69, 9.17) is 14.2 Å². The van der Waals surface area contributed by atoms with Crippen LogP contribution in [0.5, 0.6) is 17.2 Å². The molecule has 0 bridgehead atoms. The van der Waals surface area contributed by atoms with Crippen molar-refractivity contribution >= 4 is 47.7 Å². The Bertz CT molecular complexity index is 3170. The number of aliphatic hydroxyl groups excluding tert-OH is 1. The minimum Gasteiger partial charge on any atom is -0.497 e. The fraction of sp³-hybridized carbons (Fsp3) is 0.277. The molecule has 1 amide bonds. The van der Waals surface area contributed by atoms with E-state index in [-0.39, 0.29) is 41.6 Å². The van der Waals surface area contributed by atoms with Crippen LogP contribution in [0.15, 0.2) is 113 Å². The Morgan fingerprint density at radius 2 is 1.41 bits per heavy atom. The van der Waals surface area contributed by atoms with Crippen LogP contribution in [0.2, 0.25) is 0 Å². The predicted molar refractivity (Wildman–Crippen MR) is 257 cm³/mol. The molecule has 1 atom stereocenters. The highest BCUT2D eigenvalue weighted by atomic mass is 32.2.